The van der Waals surface area contributed by atoms with Crippen molar-refractivity contribution in [3.05, 3.63) is 30.1 Å². The third-order valence-corrected chi connectivity index (χ3v) is 4.34. The van der Waals surface area contributed by atoms with Crippen molar-refractivity contribution in [2.45, 2.75) is 32.7 Å². The SMILES string of the molecule is CCCNc1ncc(CN2C[C@H]3CC=CC[C@H]3C2)cn1. The number of hydrogen-bond acceptors (Lipinski definition) is 4. The molecule has 2 atom stereocenters. The molecule has 3 rings (SSSR count). The smallest absolute Gasteiger partial charge is 0.222 e. The standard InChI is InChI=1S/C16H24N4/c1-2-7-17-16-18-8-13(9-19-16)10-20-11-14-5-3-4-6-15(14)12-20/h3-4,8-9,14-15H,2,5-7,10-12H2,1H3,(H,17,18,19)/t14-,15+. The van der Waals surface area contributed by atoms with Gasteiger partial charge in [-0.15, -0.1) is 0 Å². The highest BCUT2D eigenvalue weighted by molar-refractivity contribution is 5.24. The Morgan fingerprint density at radius 3 is 2.40 bits per heavy atom. The van der Waals surface area contributed by atoms with Gasteiger partial charge in [0.05, 0.1) is 0 Å². The van der Waals surface area contributed by atoms with Crippen LogP contribution >= 0.6 is 0 Å². The average Bonchev–Trinajstić information content (AvgIpc) is 2.89. The van der Waals surface area contributed by atoms with Crippen LogP contribution in [0.15, 0.2) is 24.5 Å². The Hall–Kier alpha value is -1.42. The summed E-state index contributed by atoms with van der Waals surface area (Å²) in [5.74, 6) is 2.48. The molecule has 0 amide bonds. The summed E-state index contributed by atoms with van der Waals surface area (Å²) in [6.45, 7) is 6.52. The van der Waals surface area contributed by atoms with Crippen molar-refractivity contribution >= 4 is 5.95 Å². The van der Waals surface area contributed by atoms with E-state index in [1.54, 1.807) is 0 Å². The first-order valence-electron chi connectivity index (χ1n) is 7.77. The summed E-state index contributed by atoms with van der Waals surface area (Å²) in [6, 6.07) is 0. The summed E-state index contributed by atoms with van der Waals surface area (Å²) in [6.07, 6.45) is 12.2. The Morgan fingerprint density at radius 2 is 1.80 bits per heavy atom. The van der Waals surface area contributed by atoms with Crippen LogP contribution in [0.4, 0.5) is 5.95 Å². The van der Waals surface area contributed by atoms with Gasteiger partial charge in [-0.05, 0) is 31.1 Å². The molecule has 1 N–H and O–H groups in total. The minimum Gasteiger partial charge on any atom is -0.354 e. The van der Waals surface area contributed by atoms with E-state index < -0.39 is 0 Å². The summed E-state index contributed by atoms with van der Waals surface area (Å²) in [4.78, 5) is 11.3. The molecule has 0 spiro atoms. The van der Waals surface area contributed by atoms with E-state index in [1.165, 1.54) is 31.5 Å². The van der Waals surface area contributed by atoms with Gasteiger partial charge < -0.3 is 5.32 Å². The molecule has 1 aliphatic carbocycles. The Balaban J connectivity index is 1.53. The second-order valence-electron chi connectivity index (χ2n) is 6.00. The Kier molecular flexibility index (Phi) is 4.31. The maximum absolute atomic E-state index is 4.39. The van der Waals surface area contributed by atoms with Crippen molar-refractivity contribution in [2.75, 3.05) is 25.0 Å². The number of hydrogen-bond donors (Lipinski definition) is 1. The van der Waals surface area contributed by atoms with Gasteiger partial charge in [0.25, 0.3) is 0 Å². The van der Waals surface area contributed by atoms with E-state index in [9.17, 15) is 0 Å². The molecular formula is C16H24N4. The third kappa shape index (κ3) is 3.18. The van der Waals surface area contributed by atoms with Crippen molar-refractivity contribution in [1.29, 1.82) is 0 Å². The minimum absolute atomic E-state index is 0.745. The molecule has 1 aromatic heterocycles. The summed E-state index contributed by atoms with van der Waals surface area (Å²) in [7, 11) is 0. The van der Waals surface area contributed by atoms with Gasteiger partial charge in [-0.1, -0.05) is 19.1 Å². The second kappa shape index (κ2) is 6.35. The van der Waals surface area contributed by atoms with E-state index >= 15 is 0 Å². The number of likely N-dealkylation sites (tertiary alicyclic amines) is 1. The van der Waals surface area contributed by atoms with Gasteiger partial charge >= 0.3 is 0 Å². The number of anilines is 1. The van der Waals surface area contributed by atoms with E-state index in [0.717, 1.165) is 37.3 Å². The Bertz CT molecular complexity index is 438. The zero-order valence-electron chi connectivity index (χ0n) is 12.3. The van der Waals surface area contributed by atoms with Crippen LogP contribution in [0.1, 0.15) is 31.7 Å². The molecule has 1 fully saturated rings. The lowest BCUT2D eigenvalue weighted by Crippen LogP contribution is -2.20. The van der Waals surface area contributed by atoms with Gasteiger partial charge in [0.2, 0.25) is 5.95 Å². The van der Waals surface area contributed by atoms with Gasteiger partial charge in [0.15, 0.2) is 0 Å². The fourth-order valence-electron chi connectivity index (χ4n) is 3.26. The van der Waals surface area contributed by atoms with E-state index in [0.29, 0.717) is 0 Å². The molecule has 1 aromatic rings. The summed E-state index contributed by atoms with van der Waals surface area (Å²) >= 11 is 0. The number of aromatic nitrogens is 2. The van der Waals surface area contributed by atoms with Crippen molar-refractivity contribution in [3.8, 4) is 0 Å². The number of nitrogens with zero attached hydrogens (tertiary/aromatic N) is 3. The predicted molar refractivity (Wildman–Crippen MR) is 81.4 cm³/mol. The van der Waals surface area contributed by atoms with Gasteiger partial charge in [-0.2, -0.15) is 0 Å². The number of nitrogens with one attached hydrogen (secondary N) is 1. The molecule has 108 valence electrons. The van der Waals surface area contributed by atoms with Crippen molar-refractivity contribution in [3.63, 3.8) is 0 Å². The molecule has 2 aliphatic rings. The van der Waals surface area contributed by atoms with Crippen LogP contribution in [0.3, 0.4) is 0 Å². The highest BCUT2D eigenvalue weighted by Gasteiger charge is 2.32. The predicted octanol–water partition coefficient (Wildman–Crippen LogP) is 2.70. The Morgan fingerprint density at radius 1 is 1.15 bits per heavy atom. The van der Waals surface area contributed by atoms with Crippen molar-refractivity contribution in [2.24, 2.45) is 11.8 Å². The molecule has 1 aliphatic heterocycles. The summed E-state index contributed by atoms with van der Waals surface area (Å²) < 4.78 is 0. The number of fused-ring (bicyclic) bond motifs is 1. The normalized spacial score (nSPS) is 25.6. The van der Waals surface area contributed by atoms with E-state index in [-0.39, 0.29) is 0 Å². The monoisotopic (exact) mass is 272 g/mol. The van der Waals surface area contributed by atoms with Gasteiger partial charge in [0.1, 0.15) is 0 Å². The quantitative estimate of drug-likeness (QED) is 0.837. The van der Waals surface area contributed by atoms with Crippen LogP contribution in [0, 0.1) is 11.8 Å². The zero-order valence-corrected chi connectivity index (χ0v) is 12.3. The maximum Gasteiger partial charge on any atom is 0.222 e. The van der Waals surface area contributed by atoms with Crippen LogP contribution < -0.4 is 5.32 Å². The molecule has 0 saturated carbocycles. The molecule has 0 aromatic carbocycles. The van der Waals surface area contributed by atoms with Crippen LogP contribution in [0.25, 0.3) is 0 Å². The van der Waals surface area contributed by atoms with E-state index in [1.807, 2.05) is 12.4 Å². The molecule has 4 nitrogen and oxygen atoms in total. The fraction of sp³-hybridized carbons (Fsp3) is 0.625. The van der Waals surface area contributed by atoms with Gasteiger partial charge in [-0.3, -0.25) is 4.90 Å². The van der Waals surface area contributed by atoms with Crippen LogP contribution in [0.5, 0.6) is 0 Å². The maximum atomic E-state index is 4.39. The lowest BCUT2D eigenvalue weighted by molar-refractivity contribution is 0.313. The van der Waals surface area contributed by atoms with Crippen LogP contribution in [0.2, 0.25) is 0 Å². The van der Waals surface area contributed by atoms with E-state index in [2.05, 4.69) is 39.3 Å². The largest absolute Gasteiger partial charge is 0.354 e. The first-order valence-corrected chi connectivity index (χ1v) is 7.77. The molecular weight excluding hydrogens is 248 g/mol. The molecule has 20 heavy (non-hydrogen) atoms. The van der Waals surface area contributed by atoms with Crippen LogP contribution in [-0.4, -0.2) is 34.5 Å². The minimum atomic E-state index is 0.745. The van der Waals surface area contributed by atoms with Crippen molar-refractivity contribution < 1.29 is 0 Å². The van der Waals surface area contributed by atoms with Gasteiger partial charge in [-0.25, -0.2) is 9.97 Å². The van der Waals surface area contributed by atoms with Crippen LogP contribution in [-0.2, 0) is 6.54 Å². The highest BCUT2D eigenvalue weighted by Crippen LogP contribution is 2.33. The third-order valence-electron chi connectivity index (χ3n) is 4.34. The molecule has 2 heterocycles. The molecule has 0 radical (unpaired) electrons. The topological polar surface area (TPSA) is 41.1 Å². The van der Waals surface area contributed by atoms with Gasteiger partial charge in [0, 0.05) is 44.1 Å². The summed E-state index contributed by atoms with van der Waals surface area (Å²) in [5, 5.41) is 3.21. The number of allylic oxidation sites excluding steroid dienone is 2. The fourth-order valence-corrected chi connectivity index (χ4v) is 3.26. The lowest BCUT2D eigenvalue weighted by Gasteiger charge is -2.18. The van der Waals surface area contributed by atoms with E-state index in [4.69, 9.17) is 0 Å². The molecule has 1 saturated heterocycles. The average molecular weight is 272 g/mol. The Labute approximate surface area is 121 Å². The second-order valence-corrected chi connectivity index (χ2v) is 6.00. The highest BCUT2D eigenvalue weighted by atomic mass is 15.2. The molecule has 0 bridgehead atoms. The number of rotatable bonds is 5. The first kappa shape index (κ1) is 13.6. The first-order chi connectivity index (χ1) is 9.85. The molecule has 4 heteroatoms. The summed E-state index contributed by atoms with van der Waals surface area (Å²) in [5.41, 5.74) is 1.22. The molecule has 0 unspecified atom stereocenters. The van der Waals surface area contributed by atoms with Crippen molar-refractivity contribution in [1.82, 2.24) is 14.9 Å². The zero-order chi connectivity index (χ0) is 13.8. The lowest BCUT2D eigenvalue weighted by atomic mass is 9.86.